The lowest BCUT2D eigenvalue weighted by molar-refractivity contribution is -0.148. The fraction of sp³-hybridized carbons (Fsp3) is 0.500. The highest BCUT2D eigenvalue weighted by molar-refractivity contribution is 5.73. The summed E-state index contributed by atoms with van der Waals surface area (Å²) in [7, 11) is 1.24. The summed E-state index contributed by atoms with van der Waals surface area (Å²) in [5.41, 5.74) is 1.06. The fourth-order valence-corrected chi connectivity index (χ4v) is 2.54. The van der Waals surface area contributed by atoms with Crippen LogP contribution in [-0.2, 0) is 16.1 Å². The normalized spacial score (nSPS) is 23.8. The number of alkyl halides is 2. The van der Waals surface area contributed by atoms with E-state index < -0.39 is 24.2 Å². The number of methoxy groups -OCH3 is 1. The van der Waals surface area contributed by atoms with E-state index in [0.29, 0.717) is 13.1 Å². The molecule has 1 aromatic carbocycles. The Bertz CT molecular complexity index is 425. The molecule has 19 heavy (non-hydrogen) atoms. The molecule has 2 atom stereocenters. The van der Waals surface area contributed by atoms with Crippen LogP contribution in [0.25, 0.3) is 0 Å². The molecule has 0 radical (unpaired) electrons. The Hall–Kier alpha value is -1.49. The van der Waals surface area contributed by atoms with Crippen LogP contribution in [0.1, 0.15) is 5.56 Å². The van der Waals surface area contributed by atoms with Crippen molar-refractivity contribution in [1.82, 2.24) is 4.90 Å². The van der Waals surface area contributed by atoms with Gasteiger partial charge in [0.15, 0.2) is 0 Å². The number of likely N-dealkylation sites (tertiary alicyclic amines) is 1. The molecule has 0 saturated carbocycles. The first-order valence-corrected chi connectivity index (χ1v) is 6.24. The molecule has 1 fully saturated rings. The van der Waals surface area contributed by atoms with Gasteiger partial charge >= 0.3 is 5.97 Å². The first-order chi connectivity index (χ1) is 9.11. The average molecular weight is 269 g/mol. The smallest absolute Gasteiger partial charge is 0.310 e. The predicted octanol–water partition coefficient (Wildman–Crippen LogP) is 2.17. The van der Waals surface area contributed by atoms with Crippen molar-refractivity contribution in [3.8, 4) is 0 Å². The summed E-state index contributed by atoms with van der Waals surface area (Å²) in [6.07, 6.45) is -2.50. The highest BCUT2D eigenvalue weighted by atomic mass is 19.3. The summed E-state index contributed by atoms with van der Waals surface area (Å²) >= 11 is 0. The van der Waals surface area contributed by atoms with E-state index in [1.165, 1.54) is 7.11 Å². The van der Waals surface area contributed by atoms with Gasteiger partial charge in [-0.3, -0.25) is 9.69 Å². The Morgan fingerprint density at radius 2 is 2.05 bits per heavy atom. The molecule has 1 aromatic rings. The van der Waals surface area contributed by atoms with Crippen LogP contribution in [0.5, 0.6) is 0 Å². The molecule has 0 aromatic heterocycles. The molecule has 0 bridgehead atoms. The third-order valence-corrected chi connectivity index (χ3v) is 3.52. The number of esters is 1. The molecule has 104 valence electrons. The zero-order chi connectivity index (χ0) is 13.8. The van der Waals surface area contributed by atoms with Crippen LogP contribution < -0.4 is 0 Å². The average Bonchev–Trinajstić information content (AvgIpc) is 2.83. The molecule has 0 amide bonds. The van der Waals surface area contributed by atoms with Crippen molar-refractivity contribution in [2.24, 2.45) is 11.8 Å². The number of rotatable bonds is 4. The van der Waals surface area contributed by atoms with Crippen molar-refractivity contribution >= 4 is 5.97 Å². The van der Waals surface area contributed by atoms with Gasteiger partial charge in [-0.25, -0.2) is 8.78 Å². The molecule has 1 saturated heterocycles. The maximum absolute atomic E-state index is 13.0. The van der Waals surface area contributed by atoms with Crippen LogP contribution in [0.4, 0.5) is 8.78 Å². The number of benzene rings is 1. The van der Waals surface area contributed by atoms with E-state index in [1.54, 1.807) is 0 Å². The number of hydrogen-bond donors (Lipinski definition) is 0. The van der Waals surface area contributed by atoms with E-state index >= 15 is 0 Å². The highest BCUT2D eigenvalue weighted by Crippen LogP contribution is 2.30. The summed E-state index contributed by atoms with van der Waals surface area (Å²) in [5, 5.41) is 0. The number of hydrogen-bond acceptors (Lipinski definition) is 3. The minimum atomic E-state index is -2.50. The van der Waals surface area contributed by atoms with E-state index in [1.807, 2.05) is 35.2 Å². The van der Waals surface area contributed by atoms with Crippen molar-refractivity contribution in [1.29, 1.82) is 0 Å². The van der Waals surface area contributed by atoms with Gasteiger partial charge in [0.2, 0.25) is 6.43 Å². The molecule has 0 aliphatic carbocycles. The maximum atomic E-state index is 13.0. The second kappa shape index (κ2) is 6.10. The molecule has 2 rings (SSSR count). The van der Waals surface area contributed by atoms with Gasteiger partial charge in [0, 0.05) is 25.6 Å². The summed E-state index contributed by atoms with van der Waals surface area (Å²) in [6.45, 7) is 1.14. The summed E-state index contributed by atoms with van der Waals surface area (Å²) in [6, 6.07) is 9.62. The summed E-state index contributed by atoms with van der Waals surface area (Å²) in [5.74, 6) is -2.20. The number of nitrogens with zero attached hydrogens (tertiary/aromatic N) is 1. The molecule has 0 spiro atoms. The molecular formula is C14H17F2NO2. The van der Waals surface area contributed by atoms with Crippen LogP contribution in [-0.4, -0.2) is 37.5 Å². The zero-order valence-electron chi connectivity index (χ0n) is 10.8. The molecule has 5 heteroatoms. The van der Waals surface area contributed by atoms with Crippen molar-refractivity contribution < 1.29 is 18.3 Å². The zero-order valence-corrected chi connectivity index (χ0v) is 10.8. The van der Waals surface area contributed by atoms with E-state index in [2.05, 4.69) is 4.74 Å². The minimum absolute atomic E-state index is 0.228. The van der Waals surface area contributed by atoms with Crippen LogP contribution in [0, 0.1) is 11.8 Å². The molecule has 1 aliphatic rings. The number of carbonyl (C=O) groups is 1. The monoisotopic (exact) mass is 269 g/mol. The van der Waals surface area contributed by atoms with E-state index in [-0.39, 0.29) is 6.54 Å². The van der Waals surface area contributed by atoms with Gasteiger partial charge in [0.05, 0.1) is 13.0 Å². The Labute approximate surface area is 111 Å². The van der Waals surface area contributed by atoms with Crippen LogP contribution in [0.15, 0.2) is 30.3 Å². The van der Waals surface area contributed by atoms with Gasteiger partial charge in [0.25, 0.3) is 0 Å². The highest BCUT2D eigenvalue weighted by Gasteiger charge is 2.43. The Kier molecular flexibility index (Phi) is 4.47. The minimum Gasteiger partial charge on any atom is -0.469 e. The van der Waals surface area contributed by atoms with Gasteiger partial charge in [-0.1, -0.05) is 30.3 Å². The molecule has 1 heterocycles. The van der Waals surface area contributed by atoms with Crippen molar-refractivity contribution in [2.45, 2.75) is 13.0 Å². The van der Waals surface area contributed by atoms with Crippen molar-refractivity contribution in [3.05, 3.63) is 35.9 Å². The lowest BCUT2D eigenvalue weighted by Gasteiger charge is -2.15. The van der Waals surface area contributed by atoms with Crippen molar-refractivity contribution in [3.63, 3.8) is 0 Å². The topological polar surface area (TPSA) is 29.5 Å². The molecule has 0 unspecified atom stereocenters. The molecule has 1 aliphatic heterocycles. The predicted molar refractivity (Wildman–Crippen MR) is 66.7 cm³/mol. The number of carbonyl (C=O) groups excluding carboxylic acids is 1. The standard InChI is InChI=1S/C14H17F2NO2/c1-19-14(18)12-9-17(8-11(12)13(15)16)7-10-5-3-2-4-6-10/h2-6,11-13H,7-9H2,1H3/t11-,12+/m1/s1. The quantitative estimate of drug-likeness (QED) is 0.785. The third-order valence-electron chi connectivity index (χ3n) is 3.52. The second-order valence-corrected chi connectivity index (χ2v) is 4.81. The summed E-state index contributed by atoms with van der Waals surface area (Å²) < 4.78 is 30.5. The first-order valence-electron chi connectivity index (χ1n) is 6.24. The number of halogens is 2. The van der Waals surface area contributed by atoms with Crippen molar-refractivity contribution in [2.75, 3.05) is 20.2 Å². The first kappa shape index (κ1) is 13.9. The SMILES string of the molecule is COC(=O)[C@H]1CN(Cc2ccccc2)C[C@H]1C(F)F. The molecular weight excluding hydrogens is 252 g/mol. The number of ether oxygens (including phenoxy) is 1. The Balaban J connectivity index is 2.03. The van der Waals surface area contributed by atoms with Gasteiger partial charge in [-0.05, 0) is 5.56 Å². The van der Waals surface area contributed by atoms with Crippen LogP contribution >= 0.6 is 0 Å². The van der Waals surface area contributed by atoms with Gasteiger partial charge < -0.3 is 4.74 Å². The Morgan fingerprint density at radius 3 is 2.63 bits per heavy atom. The van der Waals surface area contributed by atoms with E-state index in [9.17, 15) is 13.6 Å². The third kappa shape index (κ3) is 3.29. The van der Waals surface area contributed by atoms with E-state index in [4.69, 9.17) is 0 Å². The van der Waals surface area contributed by atoms with Gasteiger partial charge in [0.1, 0.15) is 0 Å². The van der Waals surface area contributed by atoms with Crippen LogP contribution in [0.2, 0.25) is 0 Å². The maximum Gasteiger partial charge on any atom is 0.310 e. The molecule has 3 nitrogen and oxygen atoms in total. The Morgan fingerprint density at radius 1 is 1.37 bits per heavy atom. The van der Waals surface area contributed by atoms with Gasteiger partial charge in [-0.15, -0.1) is 0 Å². The fourth-order valence-electron chi connectivity index (χ4n) is 2.54. The van der Waals surface area contributed by atoms with Gasteiger partial charge in [-0.2, -0.15) is 0 Å². The lowest BCUT2D eigenvalue weighted by atomic mass is 9.97. The van der Waals surface area contributed by atoms with E-state index in [0.717, 1.165) is 5.56 Å². The summed E-state index contributed by atoms with van der Waals surface area (Å²) in [4.78, 5) is 13.4. The van der Waals surface area contributed by atoms with Crippen LogP contribution in [0.3, 0.4) is 0 Å². The largest absolute Gasteiger partial charge is 0.469 e. The lowest BCUT2D eigenvalue weighted by Crippen LogP contribution is -2.28. The molecule has 0 N–H and O–H groups in total. The second-order valence-electron chi connectivity index (χ2n) is 4.81.